The van der Waals surface area contributed by atoms with E-state index in [-0.39, 0.29) is 0 Å². The number of thiophene rings is 1. The van der Waals surface area contributed by atoms with Crippen LogP contribution >= 0.6 is 11.3 Å². The second-order valence-electron chi connectivity index (χ2n) is 5.25. The Labute approximate surface area is 123 Å². The molecule has 2 aromatic heterocycles. The van der Waals surface area contributed by atoms with E-state index in [4.69, 9.17) is 5.73 Å². The summed E-state index contributed by atoms with van der Waals surface area (Å²) in [7, 11) is 0. The second-order valence-corrected chi connectivity index (χ2v) is 6.28. The number of anilines is 1. The number of rotatable bonds is 7. The molecule has 2 heterocycles. The van der Waals surface area contributed by atoms with Gasteiger partial charge in [-0.25, -0.2) is 0 Å². The van der Waals surface area contributed by atoms with Gasteiger partial charge in [0, 0.05) is 30.2 Å². The minimum atomic E-state index is -0.461. The summed E-state index contributed by atoms with van der Waals surface area (Å²) < 4.78 is 1.68. The van der Waals surface area contributed by atoms with Gasteiger partial charge in [-0.05, 0) is 25.3 Å². The molecule has 0 amide bonds. The number of aromatic nitrogens is 2. The molecule has 3 N–H and O–H groups in total. The van der Waals surface area contributed by atoms with Crippen molar-refractivity contribution in [1.82, 2.24) is 14.7 Å². The Balaban J connectivity index is 1.90. The summed E-state index contributed by atoms with van der Waals surface area (Å²) in [5, 5.41) is 16.4. The minimum absolute atomic E-state index is 0.384. The zero-order valence-corrected chi connectivity index (χ0v) is 12.8. The van der Waals surface area contributed by atoms with E-state index >= 15 is 0 Å². The topological polar surface area (TPSA) is 67.3 Å². The molecule has 0 aliphatic rings. The molecule has 0 saturated heterocycles. The first-order valence-corrected chi connectivity index (χ1v) is 7.65. The van der Waals surface area contributed by atoms with Crippen LogP contribution in [0.3, 0.4) is 0 Å². The van der Waals surface area contributed by atoms with Crippen LogP contribution in [0.25, 0.3) is 0 Å². The highest BCUT2D eigenvalue weighted by Gasteiger charge is 2.16. The van der Waals surface area contributed by atoms with Crippen molar-refractivity contribution in [3.05, 3.63) is 34.8 Å². The highest BCUT2D eigenvalue weighted by atomic mass is 32.1. The Bertz CT molecular complexity index is 509. The normalized spacial score (nSPS) is 13.2. The van der Waals surface area contributed by atoms with E-state index < -0.39 is 6.10 Å². The number of nitrogens with zero attached hydrogens (tertiary/aromatic N) is 3. The first-order chi connectivity index (χ1) is 9.54. The lowest BCUT2D eigenvalue weighted by atomic mass is 10.2. The molecule has 20 heavy (non-hydrogen) atoms. The Kier molecular flexibility index (Phi) is 5.17. The summed E-state index contributed by atoms with van der Waals surface area (Å²) in [6.45, 7) is 6.24. The lowest BCUT2D eigenvalue weighted by Gasteiger charge is -2.28. The van der Waals surface area contributed by atoms with Crippen LogP contribution in [0.15, 0.2) is 29.9 Å². The van der Waals surface area contributed by atoms with Crippen LogP contribution in [0.1, 0.15) is 18.7 Å². The molecule has 0 aliphatic carbocycles. The maximum absolute atomic E-state index is 10.2. The van der Waals surface area contributed by atoms with Crippen molar-refractivity contribution < 1.29 is 5.11 Å². The Morgan fingerprint density at radius 2 is 2.30 bits per heavy atom. The lowest BCUT2D eigenvalue weighted by molar-refractivity contribution is 0.0768. The third-order valence-electron chi connectivity index (χ3n) is 3.17. The van der Waals surface area contributed by atoms with Gasteiger partial charge >= 0.3 is 0 Å². The van der Waals surface area contributed by atoms with Crippen LogP contribution in [-0.2, 0) is 13.1 Å². The predicted octanol–water partition coefficient (Wildman–Crippen LogP) is 1.80. The molecule has 0 bridgehead atoms. The number of aliphatic hydroxyl groups is 1. The minimum Gasteiger partial charge on any atom is -0.396 e. The van der Waals surface area contributed by atoms with Gasteiger partial charge in [-0.15, -0.1) is 11.3 Å². The SMILES string of the molecule is CC(C)N(Cc1cccs1)CC(O)Cn1cc(N)cn1. The van der Waals surface area contributed by atoms with E-state index in [1.807, 2.05) is 0 Å². The quantitative estimate of drug-likeness (QED) is 0.817. The van der Waals surface area contributed by atoms with Crippen molar-refractivity contribution in [3.63, 3.8) is 0 Å². The molecular weight excluding hydrogens is 272 g/mol. The van der Waals surface area contributed by atoms with Crippen molar-refractivity contribution >= 4 is 17.0 Å². The molecule has 0 spiro atoms. The molecule has 0 radical (unpaired) electrons. The van der Waals surface area contributed by atoms with E-state index in [2.05, 4.69) is 41.4 Å². The molecule has 1 unspecified atom stereocenters. The van der Waals surface area contributed by atoms with Crippen molar-refractivity contribution in [1.29, 1.82) is 0 Å². The van der Waals surface area contributed by atoms with Gasteiger partial charge in [0.15, 0.2) is 0 Å². The number of hydrogen-bond acceptors (Lipinski definition) is 5. The molecular formula is C14H22N4OS. The van der Waals surface area contributed by atoms with Gasteiger partial charge in [0.25, 0.3) is 0 Å². The standard InChI is InChI=1S/C14H22N4OS/c1-11(2)17(10-14-4-3-5-20-14)8-13(19)9-18-7-12(15)6-16-18/h3-7,11,13,19H,8-10,15H2,1-2H3. The largest absolute Gasteiger partial charge is 0.396 e. The van der Waals surface area contributed by atoms with Crippen molar-refractivity contribution in [2.24, 2.45) is 0 Å². The summed E-state index contributed by atoms with van der Waals surface area (Å²) in [6, 6.07) is 4.57. The van der Waals surface area contributed by atoms with Gasteiger partial charge in [0.05, 0.1) is 24.5 Å². The number of nitrogen functional groups attached to an aromatic ring is 1. The van der Waals surface area contributed by atoms with E-state index in [1.165, 1.54) is 4.88 Å². The molecule has 110 valence electrons. The molecule has 0 saturated carbocycles. The highest BCUT2D eigenvalue weighted by Crippen LogP contribution is 2.14. The summed E-state index contributed by atoms with van der Waals surface area (Å²) in [5.41, 5.74) is 6.24. The average molecular weight is 294 g/mol. The zero-order chi connectivity index (χ0) is 14.5. The molecule has 1 atom stereocenters. The summed E-state index contributed by atoms with van der Waals surface area (Å²) >= 11 is 1.75. The fourth-order valence-electron chi connectivity index (χ4n) is 2.08. The number of hydrogen-bond donors (Lipinski definition) is 2. The second kappa shape index (κ2) is 6.88. The summed E-state index contributed by atoms with van der Waals surface area (Å²) in [6.07, 6.45) is 2.87. The lowest BCUT2D eigenvalue weighted by Crippen LogP contribution is -2.38. The van der Waals surface area contributed by atoms with Crippen LogP contribution in [0, 0.1) is 0 Å². The summed E-state index contributed by atoms with van der Waals surface area (Å²) in [4.78, 5) is 3.58. The third kappa shape index (κ3) is 4.33. The zero-order valence-electron chi connectivity index (χ0n) is 11.9. The van der Waals surface area contributed by atoms with Crippen molar-refractivity contribution in [3.8, 4) is 0 Å². The van der Waals surface area contributed by atoms with Crippen LogP contribution < -0.4 is 5.73 Å². The Morgan fingerprint density at radius 1 is 1.50 bits per heavy atom. The molecule has 0 aromatic carbocycles. The maximum Gasteiger partial charge on any atom is 0.0862 e. The molecule has 2 aromatic rings. The monoisotopic (exact) mass is 294 g/mol. The van der Waals surface area contributed by atoms with E-state index in [0.29, 0.717) is 24.8 Å². The first kappa shape index (κ1) is 15.0. The van der Waals surface area contributed by atoms with Crippen molar-refractivity contribution in [2.75, 3.05) is 12.3 Å². The van der Waals surface area contributed by atoms with Crippen molar-refractivity contribution in [2.45, 2.75) is 39.1 Å². The van der Waals surface area contributed by atoms with E-state index in [0.717, 1.165) is 6.54 Å². The van der Waals surface area contributed by atoms with Gasteiger partial charge in [-0.1, -0.05) is 6.07 Å². The average Bonchev–Trinajstić information content (AvgIpc) is 3.00. The Morgan fingerprint density at radius 3 is 2.85 bits per heavy atom. The smallest absolute Gasteiger partial charge is 0.0862 e. The van der Waals surface area contributed by atoms with Gasteiger partial charge < -0.3 is 10.8 Å². The maximum atomic E-state index is 10.2. The Hall–Kier alpha value is -1.37. The van der Waals surface area contributed by atoms with Gasteiger partial charge in [-0.2, -0.15) is 5.10 Å². The molecule has 0 fully saturated rings. The van der Waals surface area contributed by atoms with Crippen LogP contribution in [-0.4, -0.2) is 38.5 Å². The van der Waals surface area contributed by atoms with Gasteiger partial charge in [0.2, 0.25) is 0 Å². The number of nitrogens with two attached hydrogens (primary N) is 1. The number of aliphatic hydroxyl groups excluding tert-OH is 1. The molecule has 0 aliphatic heterocycles. The van der Waals surface area contributed by atoms with Gasteiger partial charge in [0.1, 0.15) is 0 Å². The third-order valence-corrected chi connectivity index (χ3v) is 4.03. The first-order valence-electron chi connectivity index (χ1n) is 6.77. The highest BCUT2D eigenvalue weighted by molar-refractivity contribution is 7.09. The molecule has 5 nitrogen and oxygen atoms in total. The molecule has 6 heteroatoms. The van der Waals surface area contributed by atoms with E-state index in [9.17, 15) is 5.11 Å². The van der Waals surface area contributed by atoms with E-state index in [1.54, 1.807) is 28.4 Å². The fourth-order valence-corrected chi connectivity index (χ4v) is 2.81. The van der Waals surface area contributed by atoms with Gasteiger partial charge in [-0.3, -0.25) is 9.58 Å². The predicted molar refractivity (Wildman–Crippen MR) is 82.5 cm³/mol. The molecule has 2 rings (SSSR count). The summed E-state index contributed by atoms with van der Waals surface area (Å²) in [5.74, 6) is 0. The fraction of sp³-hybridized carbons (Fsp3) is 0.500. The van der Waals surface area contributed by atoms with Crippen LogP contribution in [0.5, 0.6) is 0 Å². The van der Waals surface area contributed by atoms with Crippen LogP contribution in [0.4, 0.5) is 5.69 Å². The van der Waals surface area contributed by atoms with Crippen LogP contribution in [0.2, 0.25) is 0 Å².